The third-order valence-electron chi connectivity index (χ3n) is 5.06. The Hall–Kier alpha value is -3.12. The highest BCUT2D eigenvalue weighted by Gasteiger charge is 2.21. The van der Waals surface area contributed by atoms with Crippen molar-refractivity contribution in [2.45, 2.75) is 26.4 Å². The van der Waals surface area contributed by atoms with Crippen molar-refractivity contribution in [1.82, 2.24) is 4.90 Å². The van der Waals surface area contributed by atoms with Gasteiger partial charge in [0.05, 0.1) is 10.9 Å². The normalized spacial score (nSPS) is 11.6. The number of hydrogen-bond acceptors (Lipinski definition) is 4. The average Bonchev–Trinajstić information content (AvgIpc) is 3.27. The van der Waals surface area contributed by atoms with Crippen molar-refractivity contribution in [3.63, 3.8) is 0 Å². The zero-order valence-electron chi connectivity index (χ0n) is 17.8. The predicted octanol–water partition coefficient (Wildman–Crippen LogP) is 5.18. The highest BCUT2D eigenvalue weighted by molar-refractivity contribution is 7.12. The fourth-order valence-electron chi connectivity index (χ4n) is 3.44. The van der Waals surface area contributed by atoms with Crippen molar-refractivity contribution in [3.8, 4) is 0 Å². The molecule has 1 unspecified atom stereocenters. The lowest BCUT2D eigenvalue weighted by Gasteiger charge is -2.30. The van der Waals surface area contributed by atoms with Gasteiger partial charge in [0.15, 0.2) is 0 Å². The lowest BCUT2D eigenvalue weighted by atomic mass is 10.0. The molecule has 156 valence electrons. The molecule has 0 aliphatic carbocycles. The lowest BCUT2D eigenvalue weighted by molar-refractivity contribution is -0.131. The highest BCUT2D eigenvalue weighted by Crippen LogP contribution is 2.29. The summed E-state index contributed by atoms with van der Waals surface area (Å²) in [5, 5.41) is 4.84. The summed E-state index contributed by atoms with van der Waals surface area (Å²) in [7, 11) is 3.95. The lowest BCUT2D eigenvalue weighted by Crippen LogP contribution is -2.31. The van der Waals surface area contributed by atoms with Crippen LogP contribution < -0.4 is 10.2 Å². The molecular weight excluding hydrogens is 394 g/mol. The quantitative estimate of drug-likeness (QED) is 0.572. The van der Waals surface area contributed by atoms with E-state index in [-0.39, 0.29) is 17.9 Å². The summed E-state index contributed by atoms with van der Waals surface area (Å²) in [6.07, 6.45) is 0. The molecule has 0 saturated carbocycles. The van der Waals surface area contributed by atoms with Crippen molar-refractivity contribution in [2.24, 2.45) is 0 Å². The molecule has 0 fully saturated rings. The Labute approximate surface area is 181 Å². The number of anilines is 2. The Morgan fingerprint density at radius 3 is 2.37 bits per heavy atom. The first-order chi connectivity index (χ1) is 14.4. The number of thiophene rings is 1. The molecule has 3 rings (SSSR count). The molecule has 5 nitrogen and oxygen atoms in total. The maximum absolute atomic E-state index is 12.5. The highest BCUT2D eigenvalue weighted by atomic mass is 32.1. The van der Waals surface area contributed by atoms with Gasteiger partial charge in [-0.2, -0.15) is 0 Å². The summed E-state index contributed by atoms with van der Waals surface area (Å²) < 4.78 is 0. The van der Waals surface area contributed by atoms with Gasteiger partial charge in [-0.1, -0.05) is 36.4 Å². The summed E-state index contributed by atoms with van der Waals surface area (Å²) >= 11 is 1.41. The van der Waals surface area contributed by atoms with Gasteiger partial charge in [0.2, 0.25) is 5.91 Å². The van der Waals surface area contributed by atoms with Crippen LogP contribution in [-0.2, 0) is 11.3 Å². The summed E-state index contributed by atoms with van der Waals surface area (Å²) in [4.78, 5) is 29.5. The number of amides is 2. The topological polar surface area (TPSA) is 52.7 Å². The molecule has 2 aromatic carbocycles. The van der Waals surface area contributed by atoms with Gasteiger partial charge in [0, 0.05) is 38.9 Å². The van der Waals surface area contributed by atoms with Gasteiger partial charge in [-0.3, -0.25) is 9.59 Å². The minimum atomic E-state index is -0.130. The minimum Gasteiger partial charge on any atom is -0.377 e. The van der Waals surface area contributed by atoms with Crippen LogP contribution in [-0.4, -0.2) is 30.8 Å². The molecule has 0 radical (unpaired) electrons. The molecule has 0 aliphatic rings. The second-order valence-electron chi connectivity index (χ2n) is 7.40. The number of hydrogen-bond donors (Lipinski definition) is 1. The number of rotatable bonds is 7. The molecule has 0 bridgehead atoms. The van der Waals surface area contributed by atoms with Crippen molar-refractivity contribution in [3.05, 3.63) is 82.0 Å². The zero-order valence-corrected chi connectivity index (χ0v) is 18.6. The first-order valence-electron chi connectivity index (χ1n) is 9.84. The van der Waals surface area contributed by atoms with Crippen LogP contribution in [0.3, 0.4) is 0 Å². The molecular formula is C24H27N3O2S. The van der Waals surface area contributed by atoms with Crippen molar-refractivity contribution in [2.75, 3.05) is 24.3 Å². The van der Waals surface area contributed by atoms with E-state index in [4.69, 9.17) is 0 Å². The van der Waals surface area contributed by atoms with E-state index < -0.39 is 0 Å². The van der Waals surface area contributed by atoms with Gasteiger partial charge >= 0.3 is 0 Å². The van der Waals surface area contributed by atoms with Crippen LogP contribution in [0, 0.1) is 0 Å². The molecule has 30 heavy (non-hydrogen) atoms. The standard InChI is InChI=1S/C24H27N3O2S/c1-17(19-9-6-5-7-10-19)27(18(2)28)16-20-15-21(12-13-22(20)26(3)4)25-24(29)23-11-8-14-30-23/h5-15,17H,16H2,1-4H3,(H,25,29). The fourth-order valence-corrected chi connectivity index (χ4v) is 4.06. The van der Waals surface area contributed by atoms with Gasteiger partial charge in [-0.25, -0.2) is 0 Å². The molecule has 0 aliphatic heterocycles. The van der Waals surface area contributed by atoms with E-state index in [1.54, 1.807) is 13.0 Å². The molecule has 1 heterocycles. The van der Waals surface area contributed by atoms with E-state index >= 15 is 0 Å². The number of benzene rings is 2. The number of nitrogens with one attached hydrogen (secondary N) is 1. The summed E-state index contributed by atoms with van der Waals surface area (Å²) in [5.41, 5.74) is 3.78. The Balaban J connectivity index is 1.89. The monoisotopic (exact) mass is 421 g/mol. The van der Waals surface area contributed by atoms with E-state index in [2.05, 4.69) is 5.32 Å². The number of carbonyl (C=O) groups excluding carboxylic acids is 2. The van der Waals surface area contributed by atoms with Gasteiger partial charge in [0.25, 0.3) is 5.91 Å². The molecule has 3 aromatic rings. The van der Waals surface area contributed by atoms with Crippen LogP contribution >= 0.6 is 11.3 Å². The molecule has 0 saturated heterocycles. The fraction of sp³-hybridized carbons (Fsp3) is 0.250. The Morgan fingerprint density at radius 2 is 1.77 bits per heavy atom. The van der Waals surface area contributed by atoms with E-state index in [1.807, 2.05) is 90.8 Å². The van der Waals surface area contributed by atoms with Crippen LogP contribution in [0.25, 0.3) is 0 Å². The van der Waals surface area contributed by atoms with Gasteiger partial charge < -0.3 is 15.1 Å². The predicted molar refractivity (Wildman–Crippen MR) is 124 cm³/mol. The first kappa shape index (κ1) is 21.6. The summed E-state index contributed by atoms with van der Waals surface area (Å²) in [5.74, 6) is -0.126. The maximum atomic E-state index is 12.5. The molecule has 1 aromatic heterocycles. The Kier molecular flexibility index (Phi) is 6.90. The second kappa shape index (κ2) is 9.59. The number of nitrogens with zero attached hydrogens (tertiary/aromatic N) is 2. The molecule has 1 N–H and O–H groups in total. The van der Waals surface area contributed by atoms with Gasteiger partial charge in [-0.15, -0.1) is 11.3 Å². The van der Waals surface area contributed by atoms with Crippen LogP contribution in [0.15, 0.2) is 66.0 Å². The van der Waals surface area contributed by atoms with Gasteiger partial charge in [0.1, 0.15) is 0 Å². The summed E-state index contributed by atoms with van der Waals surface area (Å²) in [6, 6.07) is 19.4. The largest absolute Gasteiger partial charge is 0.377 e. The maximum Gasteiger partial charge on any atom is 0.265 e. The molecule has 1 atom stereocenters. The van der Waals surface area contributed by atoms with Crippen LogP contribution in [0.2, 0.25) is 0 Å². The Morgan fingerprint density at radius 1 is 1.03 bits per heavy atom. The van der Waals surface area contributed by atoms with Crippen molar-refractivity contribution < 1.29 is 9.59 Å². The van der Waals surface area contributed by atoms with Crippen molar-refractivity contribution >= 4 is 34.5 Å². The van der Waals surface area contributed by atoms with E-state index in [9.17, 15) is 9.59 Å². The molecule has 2 amide bonds. The average molecular weight is 422 g/mol. The Bertz CT molecular complexity index is 1000. The third kappa shape index (κ3) is 5.07. The van der Waals surface area contributed by atoms with Crippen LogP contribution in [0.5, 0.6) is 0 Å². The van der Waals surface area contributed by atoms with Gasteiger partial charge in [-0.05, 0) is 47.7 Å². The SMILES string of the molecule is CC(=O)N(Cc1cc(NC(=O)c2cccs2)ccc1N(C)C)C(C)c1ccccc1. The van der Waals surface area contributed by atoms with Crippen LogP contribution in [0.1, 0.15) is 40.7 Å². The van der Waals surface area contributed by atoms with E-state index in [0.29, 0.717) is 17.1 Å². The first-order valence-corrected chi connectivity index (χ1v) is 10.7. The van der Waals surface area contributed by atoms with E-state index in [1.165, 1.54) is 11.3 Å². The zero-order chi connectivity index (χ0) is 21.7. The number of carbonyl (C=O) groups is 2. The van der Waals surface area contributed by atoms with Crippen molar-refractivity contribution in [1.29, 1.82) is 0 Å². The second-order valence-corrected chi connectivity index (χ2v) is 8.35. The minimum absolute atomic E-state index is 0.00378. The molecule has 6 heteroatoms. The summed E-state index contributed by atoms with van der Waals surface area (Å²) in [6.45, 7) is 4.08. The smallest absolute Gasteiger partial charge is 0.265 e. The third-order valence-corrected chi connectivity index (χ3v) is 5.93. The van der Waals surface area contributed by atoms with Crippen LogP contribution in [0.4, 0.5) is 11.4 Å². The van der Waals surface area contributed by atoms with E-state index in [0.717, 1.165) is 16.8 Å². The molecule has 0 spiro atoms.